The molecule has 4 aromatic rings. The van der Waals surface area contributed by atoms with Gasteiger partial charge in [0.15, 0.2) is 0 Å². The molecule has 148 valence electrons. The largest absolute Gasteiger partial charge is 0.349 e. The number of aryl methyl sites for hydroxylation is 1. The number of nitrogens with zero attached hydrogens (tertiary/aromatic N) is 5. The number of pyridine rings is 1. The number of aromatic amines is 1. The third-order valence-corrected chi connectivity index (χ3v) is 4.48. The first-order valence-electron chi connectivity index (χ1n) is 8.57. The number of rotatable bonds is 5. The van der Waals surface area contributed by atoms with Crippen LogP contribution in [0.3, 0.4) is 0 Å². The monoisotopic (exact) mass is 399 g/mol. The van der Waals surface area contributed by atoms with Crippen molar-refractivity contribution in [2.75, 3.05) is 6.54 Å². The summed E-state index contributed by atoms with van der Waals surface area (Å²) in [6.07, 6.45) is -0.571. The summed E-state index contributed by atoms with van der Waals surface area (Å²) in [6, 6.07) is 7.26. The van der Waals surface area contributed by atoms with Gasteiger partial charge in [-0.15, -0.1) is 0 Å². The van der Waals surface area contributed by atoms with Gasteiger partial charge in [-0.3, -0.25) is 0 Å². The SMILES string of the molecule is Cc1cc(-c2ccc3nonc3c2)cnc1-n1c(CC(CN)=C(F)F)n[nH]c1=O. The summed E-state index contributed by atoms with van der Waals surface area (Å²) in [4.78, 5) is 16.6. The van der Waals surface area contributed by atoms with E-state index in [1.807, 2.05) is 12.1 Å². The predicted octanol–water partition coefficient (Wildman–Crippen LogP) is 2.12. The molecule has 0 aliphatic rings. The van der Waals surface area contributed by atoms with Crippen LogP contribution in [-0.2, 0) is 6.42 Å². The lowest BCUT2D eigenvalue weighted by Crippen LogP contribution is -2.20. The van der Waals surface area contributed by atoms with Crippen LogP contribution >= 0.6 is 0 Å². The molecular formula is C18H15F2N7O2. The van der Waals surface area contributed by atoms with Gasteiger partial charge in [0.05, 0.1) is 0 Å². The molecule has 3 aromatic heterocycles. The third kappa shape index (κ3) is 3.43. The Morgan fingerprint density at radius 2 is 2.00 bits per heavy atom. The number of fused-ring (bicyclic) bond motifs is 1. The van der Waals surface area contributed by atoms with Crippen LogP contribution in [0.5, 0.6) is 0 Å². The Kier molecular flexibility index (Phi) is 4.72. The average molecular weight is 399 g/mol. The molecule has 0 amide bonds. The van der Waals surface area contributed by atoms with Crippen molar-refractivity contribution in [3.8, 4) is 16.9 Å². The van der Waals surface area contributed by atoms with Crippen LogP contribution in [-0.4, -0.2) is 36.6 Å². The van der Waals surface area contributed by atoms with Gasteiger partial charge >= 0.3 is 5.69 Å². The number of H-pyrrole nitrogens is 1. The maximum atomic E-state index is 13.0. The number of aromatic nitrogens is 6. The van der Waals surface area contributed by atoms with E-state index in [4.69, 9.17) is 10.4 Å². The first-order valence-corrected chi connectivity index (χ1v) is 8.57. The second kappa shape index (κ2) is 7.36. The van der Waals surface area contributed by atoms with Crippen molar-refractivity contribution < 1.29 is 13.4 Å². The maximum absolute atomic E-state index is 13.0. The molecule has 0 bridgehead atoms. The normalized spacial score (nSPS) is 11.2. The van der Waals surface area contributed by atoms with Gasteiger partial charge in [-0.05, 0) is 46.6 Å². The van der Waals surface area contributed by atoms with Crippen molar-refractivity contribution in [3.05, 3.63) is 64.0 Å². The Bertz CT molecular complexity index is 1280. The zero-order valence-corrected chi connectivity index (χ0v) is 15.2. The highest BCUT2D eigenvalue weighted by Gasteiger charge is 2.17. The molecule has 0 aliphatic heterocycles. The second-order valence-corrected chi connectivity index (χ2v) is 6.36. The standard InChI is InChI=1S/C18H15F2N7O2/c1-9-4-12(10-2-3-13-14(5-10)26-29-25-13)8-22-17(9)27-15(23-24-18(27)28)6-11(7-21)16(19)20/h2-5,8H,6-7,21H2,1H3,(H,24,28). The fourth-order valence-corrected chi connectivity index (χ4v) is 2.99. The van der Waals surface area contributed by atoms with E-state index in [9.17, 15) is 13.6 Å². The first-order chi connectivity index (χ1) is 14.0. The molecule has 9 nitrogen and oxygen atoms in total. The van der Waals surface area contributed by atoms with Crippen LogP contribution in [0.4, 0.5) is 8.78 Å². The molecule has 0 unspecified atom stereocenters. The van der Waals surface area contributed by atoms with E-state index >= 15 is 0 Å². The quantitative estimate of drug-likeness (QED) is 0.526. The third-order valence-electron chi connectivity index (χ3n) is 4.48. The number of hydrogen-bond acceptors (Lipinski definition) is 7. The second-order valence-electron chi connectivity index (χ2n) is 6.36. The molecule has 11 heteroatoms. The van der Waals surface area contributed by atoms with Gasteiger partial charge in [-0.1, -0.05) is 6.07 Å². The first kappa shape index (κ1) is 18.6. The molecule has 0 radical (unpaired) electrons. The lowest BCUT2D eigenvalue weighted by molar-refractivity contribution is 0.315. The summed E-state index contributed by atoms with van der Waals surface area (Å²) in [5, 5.41) is 13.7. The number of benzene rings is 1. The summed E-state index contributed by atoms with van der Waals surface area (Å²) in [5.41, 5.74) is 8.01. The van der Waals surface area contributed by atoms with Crippen LogP contribution in [0, 0.1) is 6.92 Å². The number of halogens is 2. The Morgan fingerprint density at radius 3 is 2.72 bits per heavy atom. The minimum atomic E-state index is -1.88. The molecule has 3 heterocycles. The Labute approximate surface area is 161 Å². The Balaban J connectivity index is 1.75. The zero-order valence-electron chi connectivity index (χ0n) is 15.2. The molecule has 4 rings (SSSR count). The van der Waals surface area contributed by atoms with Crippen molar-refractivity contribution in [1.82, 2.24) is 30.1 Å². The maximum Gasteiger partial charge on any atom is 0.349 e. The molecule has 29 heavy (non-hydrogen) atoms. The Morgan fingerprint density at radius 1 is 1.21 bits per heavy atom. The highest BCUT2D eigenvalue weighted by Crippen LogP contribution is 2.25. The van der Waals surface area contributed by atoms with E-state index in [2.05, 4.69) is 25.5 Å². The van der Waals surface area contributed by atoms with Gasteiger partial charge in [0.2, 0.25) is 0 Å². The fraction of sp³-hybridized carbons (Fsp3) is 0.167. The van der Waals surface area contributed by atoms with Crippen molar-refractivity contribution in [1.29, 1.82) is 0 Å². The molecule has 1 aromatic carbocycles. The molecule has 3 N–H and O–H groups in total. The summed E-state index contributed by atoms with van der Waals surface area (Å²) in [6.45, 7) is 1.43. The summed E-state index contributed by atoms with van der Waals surface area (Å²) < 4.78 is 31.8. The number of hydrogen-bond donors (Lipinski definition) is 2. The van der Waals surface area contributed by atoms with Crippen LogP contribution in [0.15, 0.2) is 51.5 Å². The fourth-order valence-electron chi connectivity index (χ4n) is 2.99. The minimum absolute atomic E-state index is 0.0988. The van der Waals surface area contributed by atoms with E-state index < -0.39 is 11.8 Å². The predicted molar refractivity (Wildman–Crippen MR) is 99.5 cm³/mol. The molecule has 0 atom stereocenters. The topological polar surface area (TPSA) is 129 Å². The van der Waals surface area contributed by atoms with Gasteiger partial charge in [-0.2, -0.15) is 13.9 Å². The Hall–Kier alpha value is -3.73. The molecule has 0 aliphatic carbocycles. The van der Waals surface area contributed by atoms with Crippen molar-refractivity contribution in [2.24, 2.45) is 5.73 Å². The lowest BCUT2D eigenvalue weighted by atomic mass is 10.1. The van der Waals surface area contributed by atoms with Crippen LogP contribution in [0.2, 0.25) is 0 Å². The number of nitrogens with one attached hydrogen (secondary N) is 1. The molecule has 0 saturated heterocycles. The summed E-state index contributed by atoms with van der Waals surface area (Å²) >= 11 is 0. The average Bonchev–Trinajstić information content (AvgIpc) is 3.31. The van der Waals surface area contributed by atoms with E-state index in [1.165, 1.54) is 4.57 Å². The van der Waals surface area contributed by atoms with Gasteiger partial charge in [0.1, 0.15) is 22.7 Å². The number of nitrogens with two attached hydrogens (primary N) is 1. The van der Waals surface area contributed by atoms with Crippen molar-refractivity contribution in [2.45, 2.75) is 13.3 Å². The van der Waals surface area contributed by atoms with Gasteiger partial charge in [0.25, 0.3) is 6.08 Å². The lowest BCUT2D eigenvalue weighted by Gasteiger charge is -2.10. The summed E-state index contributed by atoms with van der Waals surface area (Å²) in [7, 11) is 0. The van der Waals surface area contributed by atoms with Crippen LogP contribution < -0.4 is 11.4 Å². The summed E-state index contributed by atoms with van der Waals surface area (Å²) in [5.74, 6) is 0.393. The van der Waals surface area contributed by atoms with Crippen LogP contribution in [0.25, 0.3) is 28.0 Å². The smallest absolute Gasteiger partial charge is 0.327 e. The zero-order chi connectivity index (χ0) is 20.5. The van der Waals surface area contributed by atoms with E-state index in [-0.39, 0.29) is 24.4 Å². The van der Waals surface area contributed by atoms with Gasteiger partial charge in [0, 0.05) is 30.3 Å². The van der Waals surface area contributed by atoms with E-state index in [1.54, 1.807) is 25.3 Å². The van der Waals surface area contributed by atoms with Gasteiger partial charge in [-0.25, -0.2) is 24.1 Å². The molecule has 0 fully saturated rings. The minimum Gasteiger partial charge on any atom is -0.327 e. The molecule has 0 spiro atoms. The van der Waals surface area contributed by atoms with Crippen molar-refractivity contribution in [3.63, 3.8) is 0 Å². The van der Waals surface area contributed by atoms with Crippen molar-refractivity contribution >= 4 is 11.0 Å². The van der Waals surface area contributed by atoms with Gasteiger partial charge < -0.3 is 5.73 Å². The highest BCUT2D eigenvalue weighted by atomic mass is 19.3. The molecule has 0 saturated carbocycles. The van der Waals surface area contributed by atoms with E-state index in [0.717, 1.165) is 11.1 Å². The molecular weight excluding hydrogens is 384 g/mol. The highest BCUT2D eigenvalue weighted by molar-refractivity contribution is 5.80. The van der Waals surface area contributed by atoms with Crippen LogP contribution in [0.1, 0.15) is 11.4 Å². The van der Waals surface area contributed by atoms with E-state index in [0.29, 0.717) is 22.4 Å².